The molecule has 0 saturated heterocycles. The lowest BCUT2D eigenvalue weighted by atomic mass is 10.4. The van der Waals surface area contributed by atoms with Gasteiger partial charge in [-0.1, -0.05) is 0 Å². The molecule has 8 heavy (non-hydrogen) atoms. The monoisotopic (exact) mass is 118 g/mol. The van der Waals surface area contributed by atoms with Crippen LogP contribution in [-0.4, -0.2) is 12.1 Å². The number of hydrogen-bond donors (Lipinski definition) is 2. The number of nitrogens with two attached hydrogens (primary N) is 1. The zero-order valence-corrected chi connectivity index (χ0v) is 4.97. The lowest BCUT2D eigenvalue weighted by molar-refractivity contribution is 0.0838. The van der Waals surface area contributed by atoms with Gasteiger partial charge in [-0.25, -0.2) is 4.79 Å². The van der Waals surface area contributed by atoms with Gasteiger partial charge in [0.05, 0.1) is 0 Å². The summed E-state index contributed by atoms with van der Waals surface area (Å²) in [6.45, 7) is 3.67. The van der Waals surface area contributed by atoms with Crippen LogP contribution in [0.25, 0.3) is 0 Å². The van der Waals surface area contributed by atoms with Crippen molar-refractivity contribution in [2.75, 3.05) is 0 Å². The third kappa shape index (κ3) is 5.23. The molecule has 48 valence electrons. The van der Waals surface area contributed by atoms with Crippen molar-refractivity contribution in [3.05, 3.63) is 0 Å². The van der Waals surface area contributed by atoms with Crippen LogP contribution in [0.3, 0.4) is 0 Å². The molecule has 0 aliphatic rings. The Morgan fingerprint density at radius 2 is 2.25 bits per heavy atom. The number of carbonyl (C=O) groups excluding carboxylic acids is 1. The lowest BCUT2D eigenvalue weighted by Gasteiger charge is -2.03. The smallest absolute Gasteiger partial charge is 0.354 e. The van der Waals surface area contributed by atoms with E-state index in [9.17, 15) is 4.79 Å². The minimum atomic E-state index is -0.807. The van der Waals surface area contributed by atoms with Crippen LogP contribution in [0, 0.1) is 0 Å². The Kier molecular flexibility index (Phi) is 2.95. The minimum absolute atomic E-state index is 0.113. The summed E-state index contributed by atoms with van der Waals surface area (Å²) >= 11 is 0. The fourth-order valence-corrected chi connectivity index (χ4v) is 0.176. The van der Waals surface area contributed by atoms with Crippen LogP contribution in [0.15, 0.2) is 0 Å². The molecule has 0 aliphatic heterocycles. The summed E-state index contributed by atoms with van der Waals surface area (Å²) in [6.07, 6.45) is -0.807. The SMILES string of the molecule is CC(C)NOC(N)=O. The van der Waals surface area contributed by atoms with Crippen molar-refractivity contribution in [2.24, 2.45) is 5.73 Å². The fraction of sp³-hybridized carbons (Fsp3) is 0.750. The summed E-state index contributed by atoms with van der Waals surface area (Å²) in [5.74, 6) is 0. The maximum Gasteiger partial charge on any atom is 0.423 e. The quantitative estimate of drug-likeness (QED) is 0.501. The van der Waals surface area contributed by atoms with E-state index in [0.29, 0.717) is 0 Å². The Morgan fingerprint density at radius 1 is 1.75 bits per heavy atom. The summed E-state index contributed by atoms with van der Waals surface area (Å²) in [4.78, 5) is 14.0. The summed E-state index contributed by atoms with van der Waals surface area (Å²) in [7, 11) is 0. The third-order valence-corrected chi connectivity index (χ3v) is 0.395. The van der Waals surface area contributed by atoms with Crippen molar-refractivity contribution in [3.8, 4) is 0 Å². The second kappa shape index (κ2) is 3.26. The second-order valence-electron chi connectivity index (χ2n) is 1.69. The standard InChI is InChI=1S/C4H10N2O2/c1-3(2)6-8-4(5)7/h3,6H,1-2H3,(H2,5,7). The highest BCUT2D eigenvalue weighted by atomic mass is 16.7. The highest BCUT2D eigenvalue weighted by molar-refractivity contribution is 5.64. The lowest BCUT2D eigenvalue weighted by Crippen LogP contribution is -2.29. The molecule has 0 unspecified atom stereocenters. The van der Waals surface area contributed by atoms with E-state index in [1.807, 2.05) is 13.8 Å². The highest BCUT2D eigenvalue weighted by Gasteiger charge is 1.93. The molecular formula is C4H10N2O2. The second-order valence-corrected chi connectivity index (χ2v) is 1.69. The number of hydrogen-bond acceptors (Lipinski definition) is 3. The van der Waals surface area contributed by atoms with E-state index in [-0.39, 0.29) is 6.04 Å². The Labute approximate surface area is 48.0 Å². The van der Waals surface area contributed by atoms with Crippen molar-refractivity contribution in [3.63, 3.8) is 0 Å². The van der Waals surface area contributed by atoms with Crippen LogP contribution in [0.4, 0.5) is 4.79 Å². The molecular weight excluding hydrogens is 108 g/mol. The molecule has 0 aliphatic carbocycles. The average Bonchev–Trinajstić information content (AvgIpc) is 1.61. The van der Waals surface area contributed by atoms with Gasteiger partial charge in [0.25, 0.3) is 0 Å². The Morgan fingerprint density at radius 3 is 2.38 bits per heavy atom. The first-order chi connectivity index (χ1) is 3.63. The molecule has 3 N–H and O–H groups in total. The van der Waals surface area contributed by atoms with Gasteiger partial charge < -0.3 is 10.6 Å². The fourth-order valence-electron chi connectivity index (χ4n) is 0.176. The first-order valence-electron chi connectivity index (χ1n) is 2.34. The molecule has 1 amide bonds. The number of hydroxylamine groups is 1. The average molecular weight is 118 g/mol. The minimum Gasteiger partial charge on any atom is -0.354 e. The number of primary amides is 1. The predicted octanol–water partition coefficient (Wildman–Crippen LogP) is -0.00530. The molecule has 0 saturated carbocycles. The van der Waals surface area contributed by atoms with Gasteiger partial charge in [0.2, 0.25) is 0 Å². The summed E-state index contributed by atoms with van der Waals surface area (Å²) < 4.78 is 0. The molecule has 0 bridgehead atoms. The van der Waals surface area contributed by atoms with Crippen molar-refractivity contribution in [2.45, 2.75) is 19.9 Å². The van der Waals surface area contributed by atoms with Gasteiger partial charge in [-0.3, -0.25) is 0 Å². The maximum atomic E-state index is 9.84. The van der Waals surface area contributed by atoms with Crippen LogP contribution < -0.4 is 11.2 Å². The normalized spacial score (nSPS) is 9.38. The van der Waals surface area contributed by atoms with E-state index in [1.54, 1.807) is 0 Å². The highest BCUT2D eigenvalue weighted by Crippen LogP contribution is 1.74. The van der Waals surface area contributed by atoms with Crippen LogP contribution in [0.2, 0.25) is 0 Å². The van der Waals surface area contributed by atoms with Gasteiger partial charge in [0.1, 0.15) is 0 Å². The zero-order valence-electron chi connectivity index (χ0n) is 4.97. The Hall–Kier alpha value is -0.770. The van der Waals surface area contributed by atoms with Gasteiger partial charge in [-0.15, -0.1) is 5.48 Å². The van der Waals surface area contributed by atoms with Crippen molar-refractivity contribution < 1.29 is 9.63 Å². The van der Waals surface area contributed by atoms with E-state index in [1.165, 1.54) is 0 Å². The van der Waals surface area contributed by atoms with Gasteiger partial charge in [-0.2, -0.15) is 0 Å². The van der Waals surface area contributed by atoms with Crippen molar-refractivity contribution in [1.82, 2.24) is 5.48 Å². The number of carbonyl (C=O) groups is 1. The molecule has 0 rings (SSSR count). The van der Waals surface area contributed by atoms with Gasteiger partial charge in [0.15, 0.2) is 0 Å². The van der Waals surface area contributed by atoms with Gasteiger partial charge >= 0.3 is 6.09 Å². The molecule has 0 aromatic heterocycles. The Bertz CT molecular complexity index is 82.1. The van der Waals surface area contributed by atoms with E-state index in [0.717, 1.165) is 0 Å². The molecule has 0 aromatic carbocycles. The molecule has 0 spiro atoms. The molecule has 0 aromatic rings. The van der Waals surface area contributed by atoms with Crippen molar-refractivity contribution in [1.29, 1.82) is 0 Å². The van der Waals surface area contributed by atoms with E-state index < -0.39 is 6.09 Å². The predicted molar refractivity (Wildman–Crippen MR) is 28.9 cm³/mol. The van der Waals surface area contributed by atoms with E-state index >= 15 is 0 Å². The molecule has 4 nitrogen and oxygen atoms in total. The van der Waals surface area contributed by atoms with E-state index in [2.05, 4.69) is 16.1 Å². The summed E-state index contributed by atoms with van der Waals surface area (Å²) in [5, 5.41) is 0. The van der Waals surface area contributed by atoms with Gasteiger partial charge in [0, 0.05) is 6.04 Å². The number of amides is 1. The van der Waals surface area contributed by atoms with Crippen LogP contribution in [0.1, 0.15) is 13.8 Å². The molecule has 4 heteroatoms. The van der Waals surface area contributed by atoms with Crippen LogP contribution in [-0.2, 0) is 4.84 Å². The topological polar surface area (TPSA) is 64.3 Å². The summed E-state index contributed by atoms with van der Waals surface area (Å²) in [5.41, 5.74) is 6.99. The summed E-state index contributed by atoms with van der Waals surface area (Å²) in [6, 6.07) is 0.113. The van der Waals surface area contributed by atoms with Crippen molar-refractivity contribution >= 4 is 6.09 Å². The Balaban J connectivity index is 3.05. The maximum absolute atomic E-state index is 9.84. The first kappa shape index (κ1) is 7.23. The molecule has 0 atom stereocenters. The largest absolute Gasteiger partial charge is 0.423 e. The number of rotatable bonds is 2. The van der Waals surface area contributed by atoms with Crippen LogP contribution in [0.5, 0.6) is 0 Å². The number of nitrogens with one attached hydrogen (secondary N) is 1. The molecule has 0 radical (unpaired) electrons. The van der Waals surface area contributed by atoms with Gasteiger partial charge in [-0.05, 0) is 13.8 Å². The van der Waals surface area contributed by atoms with E-state index in [4.69, 9.17) is 0 Å². The van der Waals surface area contributed by atoms with Crippen LogP contribution >= 0.6 is 0 Å². The molecule has 0 heterocycles. The molecule has 0 fully saturated rings. The first-order valence-corrected chi connectivity index (χ1v) is 2.34. The third-order valence-electron chi connectivity index (χ3n) is 0.395. The zero-order chi connectivity index (χ0) is 6.57.